The summed E-state index contributed by atoms with van der Waals surface area (Å²) in [7, 11) is 0. The topological polar surface area (TPSA) is 83.5 Å². The maximum atomic E-state index is 11.4. The van der Waals surface area contributed by atoms with Gasteiger partial charge in [0.1, 0.15) is 0 Å². The number of hydrogen-bond acceptors (Lipinski definition) is 4. The molecule has 2 N–H and O–H groups in total. The number of nitrogens with one attached hydrogen (secondary N) is 1. The van der Waals surface area contributed by atoms with Crippen molar-refractivity contribution in [3.8, 4) is 0 Å². The smallest absolute Gasteiger partial charge is 0.303 e. The Kier molecular flexibility index (Phi) is 13.3. The summed E-state index contributed by atoms with van der Waals surface area (Å²) in [6.07, 6.45) is 16.4. The molecule has 0 radical (unpaired) electrons. The van der Waals surface area contributed by atoms with E-state index in [-0.39, 0.29) is 17.1 Å². The highest BCUT2D eigenvalue weighted by Gasteiger charge is 2.30. The second kappa shape index (κ2) is 15.1. The average Bonchev–Trinajstić information content (AvgIpc) is 2.91. The van der Waals surface area contributed by atoms with Crippen LogP contribution in [0.1, 0.15) is 96.3 Å². The highest BCUT2D eigenvalue weighted by Crippen LogP contribution is 2.21. The Bertz CT molecular complexity index is 428. The van der Waals surface area contributed by atoms with E-state index in [9.17, 15) is 14.4 Å². The first-order valence-electron chi connectivity index (χ1n) is 10.3. The zero-order chi connectivity index (χ0) is 19.0. The number of unbranched alkanes of at least 4 members (excludes halogenated alkanes) is 12. The summed E-state index contributed by atoms with van der Waals surface area (Å²) in [5.41, 5.74) is 0. The van der Waals surface area contributed by atoms with Crippen LogP contribution in [0.15, 0.2) is 0 Å². The SMILES string of the molecule is O=C(O)CCCCCCCCCCCCCCCSC1CC(=O)NC1=O. The van der Waals surface area contributed by atoms with Gasteiger partial charge in [0.05, 0.1) is 5.25 Å². The molecule has 1 aliphatic rings. The van der Waals surface area contributed by atoms with Crippen LogP contribution < -0.4 is 5.32 Å². The highest BCUT2D eigenvalue weighted by molar-refractivity contribution is 8.00. The fourth-order valence-corrected chi connectivity index (χ4v) is 4.35. The highest BCUT2D eigenvalue weighted by atomic mass is 32.2. The number of aliphatic carboxylic acids is 1. The first-order chi connectivity index (χ1) is 12.6. The van der Waals surface area contributed by atoms with Crippen molar-refractivity contribution < 1.29 is 19.5 Å². The molecule has 0 aromatic rings. The van der Waals surface area contributed by atoms with Gasteiger partial charge >= 0.3 is 5.97 Å². The summed E-state index contributed by atoms with van der Waals surface area (Å²) in [4.78, 5) is 32.9. The second-order valence-corrected chi connectivity index (χ2v) is 8.53. The monoisotopic (exact) mass is 385 g/mol. The van der Waals surface area contributed by atoms with Crippen LogP contribution >= 0.6 is 11.8 Å². The Morgan fingerprint density at radius 1 is 0.846 bits per heavy atom. The first kappa shape index (κ1) is 23.0. The largest absolute Gasteiger partial charge is 0.481 e. The third-order valence-corrected chi connectivity index (χ3v) is 6.09. The fraction of sp³-hybridized carbons (Fsp3) is 0.850. The normalized spacial score (nSPS) is 16.8. The summed E-state index contributed by atoms with van der Waals surface area (Å²) in [5, 5.41) is 10.8. The Labute approximate surface area is 162 Å². The lowest BCUT2D eigenvalue weighted by Gasteiger charge is -2.06. The maximum absolute atomic E-state index is 11.4. The van der Waals surface area contributed by atoms with Crippen LogP contribution in [0.5, 0.6) is 0 Å². The van der Waals surface area contributed by atoms with Crippen LogP contribution in [0.25, 0.3) is 0 Å². The van der Waals surface area contributed by atoms with E-state index in [0.29, 0.717) is 12.8 Å². The quantitative estimate of drug-likeness (QED) is 0.280. The molecule has 5 nitrogen and oxygen atoms in total. The average molecular weight is 386 g/mol. The number of carbonyl (C=O) groups is 3. The van der Waals surface area contributed by atoms with Crippen LogP contribution in [0.3, 0.4) is 0 Å². The summed E-state index contributed by atoms with van der Waals surface area (Å²) < 4.78 is 0. The lowest BCUT2D eigenvalue weighted by molar-refractivity contribution is -0.137. The first-order valence-corrected chi connectivity index (χ1v) is 11.3. The van der Waals surface area contributed by atoms with Gasteiger partial charge in [-0.25, -0.2) is 0 Å². The molecule has 1 fully saturated rings. The minimum absolute atomic E-state index is 0.111. The van der Waals surface area contributed by atoms with Crippen molar-refractivity contribution in [3.05, 3.63) is 0 Å². The van der Waals surface area contributed by atoms with Gasteiger partial charge in [-0.3, -0.25) is 19.7 Å². The molecule has 1 atom stereocenters. The molecule has 0 aromatic carbocycles. The number of carbonyl (C=O) groups excluding carboxylic acids is 2. The molecule has 26 heavy (non-hydrogen) atoms. The molecule has 0 saturated carbocycles. The van der Waals surface area contributed by atoms with Crippen LogP contribution in [-0.4, -0.2) is 33.9 Å². The molecule has 0 bridgehead atoms. The van der Waals surface area contributed by atoms with E-state index in [2.05, 4.69) is 5.32 Å². The van der Waals surface area contributed by atoms with Crippen molar-refractivity contribution in [2.45, 2.75) is 102 Å². The number of carboxylic acids is 1. The number of thioether (sulfide) groups is 1. The van der Waals surface area contributed by atoms with Gasteiger partial charge in [0.2, 0.25) is 11.8 Å². The third-order valence-electron chi connectivity index (χ3n) is 4.78. The van der Waals surface area contributed by atoms with Crippen LogP contribution in [0.2, 0.25) is 0 Å². The van der Waals surface area contributed by atoms with Gasteiger partial charge in [-0.05, 0) is 18.6 Å². The molecule has 0 aliphatic carbocycles. The number of amides is 2. The van der Waals surface area contributed by atoms with Gasteiger partial charge in [-0.1, -0.05) is 70.6 Å². The van der Waals surface area contributed by atoms with E-state index in [1.807, 2.05) is 0 Å². The number of imide groups is 1. The van der Waals surface area contributed by atoms with Crippen molar-refractivity contribution in [3.63, 3.8) is 0 Å². The standard InChI is InChI=1S/C20H35NO4S/c22-18-16-17(20(25)21-18)26-15-13-11-9-7-5-3-1-2-4-6-8-10-12-14-19(23)24/h17H,1-16H2,(H,23,24)(H,21,22,25). The zero-order valence-electron chi connectivity index (χ0n) is 16.0. The van der Waals surface area contributed by atoms with Crippen molar-refractivity contribution >= 4 is 29.5 Å². The van der Waals surface area contributed by atoms with Crippen LogP contribution in [-0.2, 0) is 14.4 Å². The van der Waals surface area contributed by atoms with Crippen LogP contribution in [0, 0.1) is 0 Å². The zero-order valence-corrected chi connectivity index (χ0v) is 16.8. The third kappa shape index (κ3) is 12.3. The van der Waals surface area contributed by atoms with Gasteiger partial charge in [-0.2, -0.15) is 0 Å². The Hall–Kier alpha value is -1.04. The minimum atomic E-state index is -0.679. The lowest BCUT2D eigenvalue weighted by atomic mass is 10.0. The van der Waals surface area contributed by atoms with E-state index in [0.717, 1.165) is 25.0 Å². The molecule has 2 amide bonds. The Morgan fingerprint density at radius 3 is 1.73 bits per heavy atom. The molecule has 1 saturated heterocycles. The van der Waals surface area contributed by atoms with Gasteiger partial charge < -0.3 is 5.11 Å². The lowest BCUT2D eigenvalue weighted by Crippen LogP contribution is -2.23. The molecule has 0 spiro atoms. The summed E-state index contributed by atoms with van der Waals surface area (Å²) in [5.74, 6) is 0.0464. The number of rotatable bonds is 17. The number of carboxylic acid groups (broad SMARTS) is 1. The van der Waals surface area contributed by atoms with E-state index in [1.54, 1.807) is 11.8 Å². The van der Waals surface area contributed by atoms with Gasteiger partial charge in [0, 0.05) is 12.8 Å². The van der Waals surface area contributed by atoms with E-state index in [4.69, 9.17) is 5.11 Å². The Morgan fingerprint density at radius 2 is 1.31 bits per heavy atom. The predicted octanol–water partition coefficient (Wildman–Crippen LogP) is 4.68. The summed E-state index contributed by atoms with van der Waals surface area (Å²) in [6, 6.07) is 0. The molecule has 1 heterocycles. The van der Waals surface area contributed by atoms with Crippen molar-refractivity contribution in [1.82, 2.24) is 5.32 Å². The van der Waals surface area contributed by atoms with Gasteiger partial charge in [-0.15, -0.1) is 11.8 Å². The van der Waals surface area contributed by atoms with Crippen LogP contribution in [0.4, 0.5) is 0 Å². The molecular formula is C20H35NO4S. The Balaban J connectivity index is 1.73. The summed E-state index contributed by atoms with van der Waals surface area (Å²) in [6.45, 7) is 0. The van der Waals surface area contributed by atoms with Gasteiger partial charge in [0.25, 0.3) is 0 Å². The van der Waals surface area contributed by atoms with Crippen molar-refractivity contribution in [1.29, 1.82) is 0 Å². The van der Waals surface area contributed by atoms with Crippen molar-refractivity contribution in [2.75, 3.05) is 5.75 Å². The molecule has 150 valence electrons. The van der Waals surface area contributed by atoms with Gasteiger partial charge in [0.15, 0.2) is 0 Å². The van der Waals surface area contributed by atoms with Crippen molar-refractivity contribution in [2.24, 2.45) is 0 Å². The minimum Gasteiger partial charge on any atom is -0.481 e. The predicted molar refractivity (Wildman–Crippen MR) is 106 cm³/mol. The molecule has 1 rings (SSSR count). The second-order valence-electron chi connectivity index (χ2n) is 7.22. The van der Waals surface area contributed by atoms with E-state index >= 15 is 0 Å². The number of hydrogen-bond donors (Lipinski definition) is 2. The fourth-order valence-electron chi connectivity index (χ4n) is 3.21. The van der Waals surface area contributed by atoms with E-state index in [1.165, 1.54) is 64.2 Å². The molecular weight excluding hydrogens is 350 g/mol. The van der Waals surface area contributed by atoms with E-state index < -0.39 is 5.97 Å². The molecule has 1 unspecified atom stereocenters. The molecule has 6 heteroatoms. The molecule has 1 aliphatic heterocycles. The summed E-state index contributed by atoms with van der Waals surface area (Å²) >= 11 is 1.62. The maximum Gasteiger partial charge on any atom is 0.303 e. The molecule has 0 aromatic heterocycles.